The lowest BCUT2D eigenvalue weighted by atomic mass is 9.82. The van der Waals surface area contributed by atoms with Gasteiger partial charge in [-0.05, 0) is 85.3 Å². The average molecular weight is 729 g/mol. The third-order valence-corrected chi connectivity index (χ3v) is 11.7. The maximum atomic E-state index is 5.36. The fraction of sp³-hybridized carbons (Fsp3) is 0.0566. The number of pyridine rings is 1. The van der Waals surface area contributed by atoms with Gasteiger partial charge in [0.05, 0.1) is 11.2 Å². The summed E-state index contributed by atoms with van der Waals surface area (Å²) in [5, 5.41) is 5.54. The number of nitrogens with zero attached hydrogens (tertiary/aromatic N) is 4. The van der Waals surface area contributed by atoms with Crippen molar-refractivity contribution in [2.45, 2.75) is 19.3 Å². The lowest BCUT2D eigenvalue weighted by Crippen LogP contribution is -2.14. The zero-order valence-corrected chi connectivity index (χ0v) is 31.6. The lowest BCUT2D eigenvalue weighted by Gasteiger charge is -2.22. The van der Waals surface area contributed by atoms with Gasteiger partial charge in [-0.3, -0.25) is 0 Å². The van der Waals surface area contributed by atoms with E-state index in [9.17, 15) is 0 Å². The van der Waals surface area contributed by atoms with Crippen molar-refractivity contribution >= 4 is 32.4 Å². The zero-order chi connectivity index (χ0) is 38.1. The molecule has 0 bridgehead atoms. The normalized spacial score (nSPS) is 12.9. The molecule has 268 valence electrons. The fourth-order valence-electron chi connectivity index (χ4n) is 8.82. The molecule has 0 atom stereocenters. The van der Waals surface area contributed by atoms with Gasteiger partial charge in [0, 0.05) is 33.1 Å². The van der Waals surface area contributed by atoms with Crippen molar-refractivity contribution in [3.8, 4) is 67.7 Å². The highest BCUT2D eigenvalue weighted by Crippen LogP contribution is 2.51. The molecule has 0 saturated carbocycles. The molecule has 0 radical (unpaired) electrons. The molecule has 4 heteroatoms. The number of rotatable bonds is 5. The number of fused-ring (bicyclic) bond motifs is 6. The first-order chi connectivity index (χ1) is 28.0. The van der Waals surface area contributed by atoms with E-state index in [2.05, 4.69) is 178 Å². The van der Waals surface area contributed by atoms with Crippen molar-refractivity contribution in [2.75, 3.05) is 0 Å². The maximum absolute atomic E-state index is 5.36. The van der Waals surface area contributed by atoms with Gasteiger partial charge >= 0.3 is 0 Å². The molecule has 8 aromatic carbocycles. The van der Waals surface area contributed by atoms with E-state index in [1.807, 2.05) is 18.2 Å². The van der Waals surface area contributed by atoms with E-state index in [1.165, 1.54) is 22.3 Å². The van der Waals surface area contributed by atoms with Gasteiger partial charge in [0.15, 0.2) is 17.5 Å². The van der Waals surface area contributed by atoms with Gasteiger partial charge in [-0.25, -0.2) is 19.9 Å². The molecule has 11 rings (SSSR count). The van der Waals surface area contributed by atoms with Crippen LogP contribution in [-0.4, -0.2) is 19.9 Å². The van der Waals surface area contributed by atoms with Crippen LogP contribution in [0.3, 0.4) is 0 Å². The smallest absolute Gasteiger partial charge is 0.164 e. The molecule has 1 aliphatic carbocycles. The van der Waals surface area contributed by atoms with Crippen molar-refractivity contribution in [3.05, 3.63) is 193 Å². The van der Waals surface area contributed by atoms with E-state index in [1.54, 1.807) is 0 Å². The van der Waals surface area contributed by atoms with Crippen LogP contribution >= 0.6 is 0 Å². The van der Waals surface area contributed by atoms with Gasteiger partial charge in [0.1, 0.15) is 0 Å². The summed E-state index contributed by atoms with van der Waals surface area (Å²) in [7, 11) is 0. The molecule has 0 fully saturated rings. The average Bonchev–Trinajstić information content (AvgIpc) is 3.49. The summed E-state index contributed by atoms with van der Waals surface area (Å²) >= 11 is 0. The molecule has 0 unspecified atom stereocenters. The molecule has 57 heavy (non-hydrogen) atoms. The molecular weight excluding hydrogens is 693 g/mol. The molecule has 0 N–H and O–H groups in total. The Morgan fingerprint density at radius 1 is 0.333 bits per heavy atom. The number of aromatic nitrogens is 4. The minimum atomic E-state index is -0.141. The number of hydrogen-bond donors (Lipinski definition) is 0. The standard InChI is InChI=1S/C53H36N4/c1-53(2)46-27-14-13-25-40(46)43-30-44-42(31-48(34-17-5-3-6-18-34)54-49(44)32-47(43)53)37-28-36-21-10-12-24-39(36)45(29-37)52-56-50(35-19-7-4-8-20-35)55-51(57-52)41-26-15-22-33-16-9-11-23-38(33)41/h3-32H,1-2H3. The van der Waals surface area contributed by atoms with Gasteiger partial charge in [-0.2, -0.15) is 0 Å². The second kappa shape index (κ2) is 12.9. The van der Waals surface area contributed by atoms with Crippen molar-refractivity contribution in [1.82, 2.24) is 19.9 Å². The molecular formula is C53H36N4. The van der Waals surface area contributed by atoms with Crippen molar-refractivity contribution < 1.29 is 0 Å². The molecule has 10 aromatic rings. The predicted octanol–water partition coefficient (Wildman–Crippen LogP) is 13.4. The van der Waals surface area contributed by atoms with Gasteiger partial charge in [0.2, 0.25) is 0 Å². The highest BCUT2D eigenvalue weighted by atomic mass is 15.0. The molecule has 2 heterocycles. The zero-order valence-electron chi connectivity index (χ0n) is 31.6. The van der Waals surface area contributed by atoms with E-state index in [0.717, 1.165) is 71.5 Å². The Bertz CT molecular complexity index is 3200. The van der Waals surface area contributed by atoms with Crippen molar-refractivity contribution in [2.24, 2.45) is 0 Å². The Balaban J connectivity index is 1.20. The van der Waals surface area contributed by atoms with E-state index >= 15 is 0 Å². The number of benzene rings is 8. The van der Waals surface area contributed by atoms with Crippen molar-refractivity contribution in [1.29, 1.82) is 0 Å². The quantitative estimate of drug-likeness (QED) is 0.177. The fourth-order valence-corrected chi connectivity index (χ4v) is 8.82. The minimum absolute atomic E-state index is 0.141. The van der Waals surface area contributed by atoms with Crippen LogP contribution in [0, 0.1) is 0 Å². The maximum Gasteiger partial charge on any atom is 0.164 e. The summed E-state index contributed by atoms with van der Waals surface area (Å²) in [6.07, 6.45) is 0. The first-order valence-electron chi connectivity index (χ1n) is 19.5. The van der Waals surface area contributed by atoms with E-state index in [-0.39, 0.29) is 5.41 Å². The highest BCUT2D eigenvalue weighted by Gasteiger charge is 2.36. The second-order valence-corrected chi connectivity index (χ2v) is 15.5. The largest absolute Gasteiger partial charge is 0.248 e. The summed E-state index contributed by atoms with van der Waals surface area (Å²) in [6.45, 7) is 4.65. The van der Waals surface area contributed by atoms with E-state index in [4.69, 9.17) is 19.9 Å². The molecule has 0 saturated heterocycles. The molecule has 0 amide bonds. The van der Waals surface area contributed by atoms with Crippen LogP contribution < -0.4 is 0 Å². The van der Waals surface area contributed by atoms with Crippen LogP contribution in [0.15, 0.2) is 182 Å². The van der Waals surface area contributed by atoms with Crippen LogP contribution in [0.25, 0.3) is 100 Å². The van der Waals surface area contributed by atoms with Gasteiger partial charge in [-0.15, -0.1) is 0 Å². The summed E-state index contributed by atoms with van der Waals surface area (Å²) in [5.41, 5.74) is 13.1. The van der Waals surface area contributed by atoms with E-state index in [0.29, 0.717) is 17.5 Å². The molecule has 0 spiro atoms. The monoisotopic (exact) mass is 728 g/mol. The van der Waals surface area contributed by atoms with Crippen LogP contribution in [0.2, 0.25) is 0 Å². The minimum Gasteiger partial charge on any atom is -0.248 e. The number of hydrogen-bond acceptors (Lipinski definition) is 4. The third kappa shape index (κ3) is 5.44. The van der Waals surface area contributed by atoms with E-state index < -0.39 is 0 Å². The lowest BCUT2D eigenvalue weighted by molar-refractivity contribution is 0.661. The SMILES string of the molecule is CC1(C)c2ccccc2-c2cc3c(-c4cc(-c5nc(-c6ccccc6)nc(-c6cccc7ccccc67)n5)c5ccccc5c4)cc(-c4ccccc4)nc3cc21. The Hall–Kier alpha value is -7.30. The van der Waals surface area contributed by atoms with Crippen LogP contribution in [0.1, 0.15) is 25.0 Å². The molecule has 4 nitrogen and oxygen atoms in total. The highest BCUT2D eigenvalue weighted by molar-refractivity contribution is 6.06. The Kier molecular flexibility index (Phi) is 7.48. The summed E-state index contributed by atoms with van der Waals surface area (Å²) < 4.78 is 0. The topological polar surface area (TPSA) is 51.6 Å². The van der Waals surface area contributed by atoms with Gasteiger partial charge < -0.3 is 0 Å². The summed E-state index contributed by atoms with van der Waals surface area (Å²) in [6, 6.07) is 64.3. The van der Waals surface area contributed by atoms with Crippen molar-refractivity contribution in [3.63, 3.8) is 0 Å². The predicted molar refractivity (Wildman–Crippen MR) is 235 cm³/mol. The first kappa shape index (κ1) is 33.1. The summed E-state index contributed by atoms with van der Waals surface area (Å²) in [4.78, 5) is 21.1. The van der Waals surface area contributed by atoms with Crippen LogP contribution in [-0.2, 0) is 5.41 Å². The van der Waals surface area contributed by atoms with Crippen LogP contribution in [0.5, 0.6) is 0 Å². The Labute approximate surface area is 331 Å². The molecule has 1 aliphatic rings. The second-order valence-electron chi connectivity index (χ2n) is 15.5. The van der Waals surface area contributed by atoms with Gasteiger partial charge in [0.25, 0.3) is 0 Å². The molecule has 0 aliphatic heterocycles. The summed E-state index contributed by atoms with van der Waals surface area (Å²) in [5.74, 6) is 1.90. The van der Waals surface area contributed by atoms with Crippen LogP contribution in [0.4, 0.5) is 0 Å². The molecule has 2 aromatic heterocycles. The third-order valence-electron chi connectivity index (χ3n) is 11.7. The Morgan fingerprint density at radius 3 is 1.72 bits per heavy atom. The first-order valence-corrected chi connectivity index (χ1v) is 19.5. The van der Waals surface area contributed by atoms with Gasteiger partial charge in [-0.1, -0.05) is 166 Å². The Morgan fingerprint density at radius 2 is 0.930 bits per heavy atom.